The van der Waals surface area contributed by atoms with E-state index >= 15 is 0 Å². The largest absolute Gasteiger partial charge is 0.382 e. The molecule has 1 atom stereocenters. The second-order valence-electron chi connectivity index (χ2n) is 5.43. The molecule has 3 rings (SSSR count). The summed E-state index contributed by atoms with van der Waals surface area (Å²) in [6.07, 6.45) is 7.03. The fourth-order valence-electron chi connectivity index (χ4n) is 2.48. The van der Waals surface area contributed by atoms with Crippen molar-refractivity contribution in [2.24, 2.45) is 13.0 Å². The summed E-state index contributed by atoms with van der Waals surface area (Å²) in [5.74, 6) is 0.436. The molecule has 1 aliphatic heterocycles. The Morgan fingerprint density at radius 2 is 2.32 bits per heavy atom. The quantitative estimate of drug-likeness (QED) is 0.922. The lowest BCUT2D eigenvalue weighted by molar-refractivity contribution is 0.0595. The minimum atomic E-state index is -0.362. The Hall–Kier alpha value is -1.86. The highest BCUT2D eigenvalue weighted by molar-refractivity contribution is 6.32. The van der Waals surface area contributed by atoms with Crippen LogP contribution in [-0.2, 0) is 11.8 Å². The first kappa shape index (κ1) is 15.1. The third-order valence-electron chi connectivity index (χ3n) is 3.69. The van der Waals surface area contributed by atoms with Crippen LogP contribution in [-0.4, -0.2) is 39.3 Å². The van der Waals surface area contributed by atoms with Gasteiger partial charge in [-0.05, 0) is 18.8 Å². The van der Waals surface area contributed by atoms with Gasteiger partial charge in [0.15, 0.2) is 0 Å². The van der Waals surface area contributed by atoms with Crippen LogP contribution in [0.25, 0.3) is 5.69 Å². The Morgan fingerprint density at radius 3 is 3.00 bits per heavy atom. The Labute approximate surface area is 132 Å². The third kappa shape index (κ3) is 3.15. The van der Waals surface area contributed by atoms with E-state index in [-0.39, 0.29) is 10.6 Å². The molecule has 8 heteroatoms. The van der Waals surface area contributed by atoms with Gasteiger partial charge >= 0.3 is 0 Å². The second kappa shape index (κ2) is 6.50. The molecule has 118 valence electrons. The highest BCUT2D eigenvalue weighted by Gasteiger charge is 2.16. The zero-order chi connectivity index (χ0) is 15.5. The Bertz CT molecular complexity index is 705. The van der Waals surface area contributed by atoms with Gasteiger partial charge in [0.05, 0.1) is 30.9 Å². The first-order valence-corrected chi connectivity index (χ1v) is 7.61. The molecule has 0 bridgehead atoms. The van der Waals surface area contributed by atoms with E-state index in [1.807, 2.05) is 0 Å². The van der Waals surface area contributed by atoms with E-state index in [9.17, 15) is 4.79 Å². The zero-order valence-corrected chi connectivity index (χ0v) is 13.1. The molecule has 0 aromatic carbocycles. The van der Waals surface area contributed by atoms with Crippen LogP contribution in [0.4, 0.5) is 5.69 Å². The summed E-state index contributed by atoms with van der Waals surface area (Å²) in [6, 6.07) is 0. The van der Waals surface area contributed by atoms with Crippen LogP contribution in [0.15, 0.2) is 23.4 Å². The van der Waals surface area contributed by atoms with Gasteiger partial charge < -0.3 is 10.1 Å². The standard InChI is InChI=1S/C14H18ClN5O2/c1-19-8-11(6-17-19)20-14(21)13(15)12(7-18-20)16-5-10-3-2-4-22-9-10/h6-8,10,16H,2-5,9H2,1H3. The predicted octanol–water partition coefficient (Wildman–Crippen LogP) is 1.46. The van der Waals surface area contributed by atoms with Gasteiger partial charge in [-0.1, -0.05) is 11.6 Å². The Kier molecular flexibility index (Phi) is 4.44. The number of aromatic nitrogens is 4. The molecule has 3 heterocycles. The molecule has 22 heavy (non-hydrogen) atoms. The summed E-state index contributed by atoms with van der Waals surface area (Å²) < 4.78 is 8.28. The summed E-state index contributed by atoms with van der Waals surface area (Å²) in [4.78, 5) is 12.3. The van der Waals surface area contributed by atoms with Gasteiger partial charge in [-0.2, -0.15) is 14.9 Å². The maximum atomic E-state index is 12.3. The van der Waals surface area contributed by atoms with Crippen molar-refractivity contribution in [3.05, 3.63) is 34.0 Å². The molecule has 0 amide bonds. The van der Waals surface area contributed by atoms with Gasteiger partial charge in [0.25, 0.3) is 5.56 Å². The maximum absolute atomic E-state index is 12.3. The van der Waals surface area contributed by atoms with Crippen molar-refractivity contribution in [3.63, 3.8) is 0 Å². The number of halogens is 1. The van der Waals surface area contributed by atoms with Crippen molar-refractivity contribution in [2.75, 3.05) is 25.1 Å². The molecular formula is C14H18ClN5O2. The van der Waals surface area contributed by atoms with E-state index < -0.39 is 0 Å². The maximum Gasteiger partial charge on any atom is 0.292 e. The lowest BCUT2D eigenvalue weighted by Crippen LogP contribution is -2.26. The number of anilines is 1. The first-order valence-electron chi connectivity index (χ1n) is 7.23. The molecule has 0 saturated carbocycles. The molecular weight excluding hydrogens is 306 g/mol. The Morgan fingerprint density at radius 1 is 1.45 bits per heavy atom. The number of hydrogen-bond acceptors (Lipinski definition) is 5. The topological polar surface area (TPSA) is 74.0 Å². The van der Waals surface area contributed by atoms with Gasteiger partial charge in [-0.25, -0.2) is 0 Å². The van der Waals surface area contributed by atoms with E-state index in [0.29, 0.717) is 17.3 Å². The summed E-state index contributed by atoms with van der Waals surface area (Å²) in [5, 5.41) is 11.5. The van der Waals surface area contributed by atoms with Gasteiger partial charge in [0.1, 0.15) is 10.7 Å². The SMILES string of the molecule is Cn1cc(-n2ncc(NCC3CCCOC3)c(Cl)c2=O)cn1. The minimum absolute atomic E-state index is 0.135. The van der Waals surface area contributed by atoms with E-state index in [4.69, 9.17) is 16.3 Å². The van der Waals surface area contributed by atoms with Crippen LogP contribution >= 0.6 is 11.6 Å². The first-order chi connectivity index (χ1) is 10.6. The highest BCUT2D eigenvalue weighted by atomic mass is 35.5. The number of rotatable bonds is 4. The van der Waals surface area contributed by atoms with Gasteiger partial charge in [-0.3, -0.25) is 9.48 Å². The molecule has 2 aromatic heterocycles. The minimum Gasteiger partial charge on any atom is -0.382 e. The van der Waals surface area contributed by atoms with Crippen molar-refractivity contribution in [1.82, 2.24) is 19.6 Å². The van der Waals surface area contributed by atoms with Gasteiger partial charge in [-0.15, -0.1) is 0 Å². The fraction of sp³-hybridized carbons (Fsp3) is 0.500. The molecule has 7 nitrogen and oxygen atoms in total. The van der Waals surface area contributed by atoms with Crippen LogP contribution in [0, 0.1) is 5.92 Å². The second-order valence-corrected chi connectivity index (χ2v) is 5.80. The zero-order valence-electron chi connectivity index (χ0n) is 12.3. The molecule has 1 N–H and O–H groups in total. The van der Waals surface area contributed by atoms with Crippen LogP contribution in [0.3, 0.4) is 0 Å². The number of aryl methyl sites for hydroxylation is 1. The monoisotopic (exact) mass is 323 g/mol. The number of nitrogens with one attached hydrogen (secondary N) is 1. The average molecular weight is 324 g/mol. The molecule has 1 unspecified atom stereocenters. The van der Waals surface area contributed by atoms with Gasteiger partial charge in [0, 0.05) is 20.2 Å². The van der Waals surface area contributed by atoms with Crippen LogP contribution < -0.4 is 10.9 Å². The number of nitrogens with zero attached hydrogens (tertiary/aromatic N) is 4. The van der Waals surface area contributed by atoms with Crippen molar-refractivity contribution >= 4 is 17.3 Å². The van der Waals surface area contributed by atoms with Gasteiger partial charge in [0.2, 0.25) is 0 Å². The molecule has 1 saturated heterocycles. The summed E-state index contributed by atoms with van der Waals surface area (Å²) in [7, 11) is 1.78. The Balaban J connectivity index is 1.76. The van der Waals surface area contributed by atoms with Crippen molar-refractivity contribution in [1.29, 1.82) is 0 Å². The van der Waals surface area contributed by atoms with E-state index in [0.717, 1.165) is 32.6 Å². The summed E-state index contributed by atoms with van der Waals surface area (Å²) in [6.45, 7) is 2.29. The van der Waals surface area contributed by atoms with E-state index in [1.165, 1.54) is 4.68 Å². The number of ether oxygens (including phenoxy) is 1. The summed E-state index contributed by atoms with van der Waals surface area (Å²) in [5.41, 5.74) is 0.776. The highest BCUT2D eigenvalue weighted by Crippen LogP contribution is 2.19. The van der Waals surface area contributed by atoms with Crippen LogP contribution in [0.2, 0.25) is 5.02 Å². The smallest absolute Gasteiger partial charge is 0.292 e. The molecule has 0 spiro atoms. The van der Waals surface area contributed by atoms with Crippen molar-refractivity contribution in [3.8, 4) is 5.69 Å². The van der Waals surface area contributed by atoms with Crippen molar-refractivity contribution in [2.45, 2.75) is 12.8 Å². The third-order valence-corrected chi connectivity index (χ3v) is 4.06. The predicted molar refractivity (Wildman–Crippen MR) is 83.6 cm³/mol. The fourth-order valence-corrected chi connectivity index (χ4v) is 2.68. The average Bonchev–Trinajstić information content (AvgIpc) is 2.96. The van der Waals surface area contributed by atoms with Crippen molar-refractivity contribution < 1.29 is 4.74 Å². The molecule has 1 aliphatic rings. The van der Waals surface area contributed by atoms with Crippen LogP contribution in [0.1, 0.15) is 12.8 Å². The lowest BCUT2D eigenvalue weighted by atomic mass is 10.0. The molecule has 0 aliphatic carbocycles. The molecule has 1 fully saturated rings. The lowest BCUT2D eigenvalue weighted by Gasteiger charge is -2.22. The molecule has 0 radical (unpaired) electrons. The van der Waals surface area contributed by atoms with E-state index in [2.05, 4.69) is 15.5 Å². The number of hydrogen-bond donors (Lipinski definition) is 1. The van der Waals surface area contributed by atoms with E-state index in [1.54, 1.807) is 30.3 Å². The molecule has 2 aromatic rings. The summed E-state index contributed by atoms with van der Waals surface area (Å²) >= 11 is 6.18. The normalized spacial score (nSPS) is 18.4. The van der Waals surface area contributed by atoms with Crippen LogP contribution in [0.5, 0.6) is 0 Å².